The van der Waals surface area contributed by atoms with E-state index in [1.54, 1.807) is 0 Å². The van der Waals surface area contributed by atoms with E-state index in [1.165, 1.54) is 12.8 Å². The number of hydrogen-bond donors (Lipinski definition) is 0. The zero-order valence-corrected chi connectivity index (χ0v) is 12.3. The molecule has 1 aromatic rings. The quantitative estimate of drug-likeness (QED) is 0.781. The van der Waals surface area contributed by atoms with Crippen LogP contribution in [0.2, 0.25) is 0 Å². The summed E-state index contributed by atoms with van der Waals surface area (Å²) >= 11 is 0. The number of carbonyl (C=O) groups is 1. The van der Waals surface area contributed by atoms with Crippen LogP contribution in [0.1, 0.15) is 31.2 Å². The van der Waals surface area contributed by atoms with Gasteiger partial charge >= 0.3 is 5.97 Å². The average Bonchev–Trinajstić information content (AvgIpc) is 2.98. The van der Waals surface area contributed by atoms with Crippen LogP contribution in [0.3, 0.4) is 0 Å². The van der Waals surface area contributed by atoms with E-state index >= 15 is 0 Å². The summed E-state index contributed by atoms with van der Waals surface area (Å²) in [5, 5.41) is 0. The maximum Gasteiger partial charge on any atom is 0.347 e. The minimum atomic E-state index is -0.459. The van der Waals surface area contributed by atoms with Crippen molar-refractivity contribution in [3.8, 4) is 5.75 Å². The summed E-state index contributed by atoms with van der Waals surface area (Å²) in [6.45, 7) is 0. The SMILES string of the molecule is CN1[C@@H]2CC[C@H]1CC(OC(=O)C1Cc3ccccc3O1)C2. The fourth-order valence-electron chi connectivity index (χ4n) is 4.01. The van der Waals surface area contributed by atoms with Gasteiger partial charge < -0.3 is 14.4 Å². The number of rotatable bonds is 2. The monoisotopic (exact) mass is 287 g/mol. The highest BCUT2D eigenvalue weighted by Gasteiger charge is 2.41. The number of carbonyl (C=O) groups excluding carboxylic acids is 1. The predicted molar refractivity (Wildman–Crippen MR) is 78.2 cm³/mol. The van der Waals surface area contributed by atoms with E-state index in [0.717, 1.165) is 24.2 Å². The van der Waals surface area contributed by atoms with E-state index in [2.05, 4.69) is 11.9 Å². The van der Waals surface area contributed by atoms with Gasteiger partial charge in [0.05, 0.1) is 0 Å². The minimum absolute atomic E-state index is 0.0681. The highest BCUT2D eigenvalue weighted by atomic mass is 16.6. The lowest BCUT2D eigenvalue weighted by atomic mass is 10.0. The third-order valence-electron chi connectivity index (χ3n) is 5.25. The van der Waals surface area contributed by atoms with Gasteiger partial charge in [-0.2, -0.15) is 0 Å². The largest absolute Gasteiger partial charge is 0.478 e. The summed E-state index contributed by atoms with van der Waals surface area (Å²) in [4.78, 5) is 14.8. The topological polar surface area (TPSA) is 38.8 Å². The van der Waals surface area contributed by atoms with Crippen molar-refractivity contribution in [2.24, 2.45) is 0 Å². The number of esters is 1. The van der Waals surface area contributed by atoms with E-state index in [0.29, 0.717) is 18.5 Å². The zero-order chi connectivity index (χ0) is 14.4. The molecule has 0 N–H and O–H groups in total. The highest BCUT2D eigenvalue weighted by molar-refractivity contribution is 5.77. The Balaban J connectivity index is 1.37. The van der Waals surface area contributed by atoms with Gasteiger partial charge in [-0.3, -0.25) is 0 Å². The van der Waals surface area contributed by atoms with Gasteiger partial charge in [0.1, 0.15) is 11.9 Å². The number of hydrogen-bond acceptors (Lipinski definition) is 4. The van der Waals surface area contributed by atoms with Crippen LogP contribution < -0.4 is 4.74 Å². The Morgan fingerprint density at radius 2 is 1.95 bits per heavy atom. The average molecular weight is 287 g/mol. The molecule has 112 valence electrons. The Morgan fingerprint density at radius 3 is 2.67 bits per heavy atom. The number of benzene rings is 1. The van der Waals surface area contributed by atoms with Gasteiger partial charge in [0.15, 0.2) is 6.10 Å². The molecule has 3 heterocycles. The molecule has 0 aliphatic carbocycles. The van der Waals surface area contributed by atoms with Crippen LogP contribution in [0.5, 0.6) is 5.75 Å². The van der Waals surface area contributed by atoms with Crippen LogP contribution in [0.25, 0.3) is 0 Å². The molecular weight excluding hydrogens is 266 g/mol. The summed E-state index contributed by atoms with van der Waals surface area (Å²) in [5.41, 5.74) is 1.10. The van der Waals surface area contributed by atoms with Crippen molar-refractivity contribution in [1.82, 2.24) is 4.90 Å². The van der Waals surface area contributed by atoms with Crippen LogP contribution in [-0.4, -0.2) is 42.2 Å². The number of fused-ring (bicyclic) bond motifs is 3. The van der Waals surface area contributed by atoms with Crippen molar-refractivity contribution in [3.63, 3.8) is 0 Å². The molecule has 4 rings (SSSR count). The Kier molecular flexibility index (Phi) is 3.14. The van der Waals surface area contributed by atoms with E-state index in [-0.39, 0.29) is 12.1 Å². The molecule has 2 fully saturated rings. The molecular formula is C17H21NO3. The molecule has 4 nitrogen and oxygen atoms in total. The minimum Gasteiger partial charge on any atom is -0.478 e. The van der Waals surface area contributed by atoms with Crippen molar-refractivity contribution in [3.05, 3.63) is 29.8 Å². The molecule has 3 aliphatic heterocycles. The van der Waals surface area contributed by atoms with Gasteiger partial charge in [0.25, 0.3) is 0 Å². The van der Waals surface area contributed by atoms with Crippen LogP contribution in [0.4, 0.5) is 0 Å². The fraction of sp³-hybridized carbons (Fsp3) is 0.588. The van der Waals surface area contributed by atoms with Gasteiger partial charge in [-0.1, -0.05) is 18.2 Å². The maximum absolute atomic E-state index is 12.3. The maximum atomic E-state index is 12.3. The molecule has 1 aromatic carbocycles. The second-order valence-corrected chi connectivity index (χ2v) is 6.50. The first-order valence-corrected chi connectivity index (χ1v) is 7.87. The summed E-state index contributed by atoms with van der Waals surface area (Å²) in [5.74, 6) is 0.628. The third kappa shape index (κ3) is 2.31. The van der Waals surface area contributed by atoms with E-state index in [9.17, 15) is 4.79 Å². The molecule has 2 bridgehead atoms. The number of piperidine rings is 1. The van der Waals surface area contributed by atoms with Gasteiger partial charge in [-0.25, -0.2) is 4.79 Å². The first-order valence-electron chi connectivity index (χ1n) is 7.87. The summed E-state index contributed by atoms with van der Waals surface area (Å²) in [6, 6.07) is 9.01. The van der Waals surface area contributed by atoms with E-state index in [4.69, 9.17) is 9.47 Å². The Hall–Kier alpha value is -1.55. The summed E-state index contributed by atoms with van der Waals surface area (Å²) < 4.78 is 11.5. The van der Waals surface area contributed by atoms with E-state index < -0.39 is 6.10 Å². The number of nitrogens with zero attached hydrogens (tertiary/aromatic N) is 1. The first-order chi connectivity index (χ1) is 10.2. The van der Waals surface area contributed by atoms with Crippen LogP contribution in [0, 0.1) is 0 Å². The van der Waals surface area contributed by atoms with E-state index in [1.807, 2.05) is 24.3 Å². The van der Waals surface area contributed by atoms with Crippen LogP contribution >= 0.6 is 0 Å². The van der Waals surface area contributed by atoms with Gasteiger partial charge in [-0.15, -0.1) is 0 Å². The molecule has 21 heavy (non-hydrogen) atoms. The molecule has 0 spiro atoms. The normalized spacial score (nSPS) is 34.3. The van der Waals surface area contributed by atoms with Crippen molar-refractivity contribution in [2.45, 2.75) is 56.4 Å². The van der Waals surface area contributed by atoms with Gasteiger partial charge in [-0.05, 0) is 44.4 Å². The molecule has 2 saturated heterocycles. The lowest BCUT2D eigenvalue weighted by Gasteiger charge is -2.36. The number of ether oxygens (including phenoxy) is 2. The molecule has 4 atom stereocenters. The highest BCUT2D eigenvalue weighted by Crippen LogP contribution is 2.36. The lowest BCUT2D eigenvalue weighted by Crippen LogP contribution is -2.44. The van der Waals surface area contributed by atoms with Gasteiger partial charge in [0.2, 0.25) is 0 Å². The second-order valence-electron chi connectivity index (χ2n) is 6.50. The molecule has 4 heteroatoms. The van der Waals surface area contributed by atoms with Crippen molar-refractivity contribution in [1.29, 1.82) is 0 Å². The summed E-state index contributed by atoms with van der Waals surface area (Å²) in [6.07, 6.45) is 4.66. The van der Waals surface area contributed by atoms with Gasteiger partial charge in [0, 0.05) is 18.5 Å². The second kappa shape index (κ2) is 5.02. The fourth-order valence-corrected chi connectivity index (χ4v) is 4.01. The molecule has 0 radical (unpaired) electrons. The third-order valence-corrected chi connectivity index (χ3v) is 5.25. The molecule has 0 amide bonds. The van der Waals surface area contributed by atoms with Crippen LogP contribution in [-0.2, 0) is 16.0 Å². The molecule has 2 unspecified atom stereocenters. The Labute approximate surface area is 125 Å². The van der Waals surface area contributed by atoms with Crippen LogP contribution in [0.15, 0.2) is 24.3 Å². The molecule has 3 aliphatic rings. The molecule has 0 aromatic heterocycles. The Morgan fingerprint density at radius 1 is 1.24 bits per heavy atom. The Bertz CT molecular complexity index is 520. The molecule has 0 saturated carbocycles. The number of para-hydroxylation sites is 1. The van der Waals surface area contributed by atoms with Crippen molar-refractivity contribution in [2.75, 3.05) is 7.05 Å². The first kappa shape index (κ1) is 13.1. The van der Waals surface area contributed by atoms with Crippen molar-refractivity contribution < 1.29 is 14.3 Å². The van der Waals surface area contributed by atoms with Crippen molar-refractivity contribution >= 4 is 5.97 Å². The zero-order valence-electron chi connectivity index (χ0n) is 12.3. The predicted octanol–water partition coefficient (Wildman–Crippen LogP) is 2.16. The standard InChI is InChI=1S/C17H21NO3/c1-18-12-6-7-13(18)10-14(9-12)20-17(19)16-8-11-4-2-3-5-15(11)21-16/h2-5,12-14,16H,6-10H2,1H3/t12-,13+,14?,16?. The summed E-state index contributed by atoms with van der Waals surface area (Å²) in [7, 11) is 2.19. The lowest BCUT2D eigenvalue weighted by molar-refractivity contribution is -0.159. The smallest absolute Gasteiger partial charge is 0.347 e.